The molecule has 0 aliphatic rings. The van der Waals surface area contributed by atoms with Crippen LogP contribution in [0.25, 0.3) is 82.7 Å². The predicted molar refractivity (Wildman–Crippen MR) is 204 cm³/mol. The molecule has 0 unspecified atom stereocenters. The third-order valence-corrected chi connectivity index (χ3v) is 9.83. The van der Waals surface area contributed by atoms with Gasteiger partial charge >= 0.3 is 0 Å². The minimum Gasteiger partial charge on any atom is -0.309 e. The molecule has 3 heterocycles. The van der Waals surface area contributed by atoms with Crippen molar-refractivity contribution in [2.45, 2.75) is 0 Å². The van der Waals surface area contributed by atoms with Crippen molar-refractivity contribution in [3.05, 3.63) is 186 Å². The lowest BCUT2D eigenvalue weighted by molar-refractivity contribution is 1.06. The first-order valence-corrected chi connectivity index (χ1v) is 16.6. The number of pyridine rings is 1. The van der Waals surface area contributed by atoms with E-state index in [2.05, 4.69) is 155 Å². The molecule has 4 nitrogen and oxygen atoms in total. The van der Waals surface area contributed by atoms with E-state index in [-0.39, 0.29) is 5.56 Å². The predicted octanol–water partition coefficient (Wildman–Crippen LogP) is 10.9. The zero-order valence-corrected chi connectivity index (χ0v) is 26.5. The molecule has 0 radical (unpaired) electrons. The van der Waals surface area contributed by atoms with Gasteiger partial charge in [-0.3, -0.25) is 9.36 Å². The van der Waals surface area contributed by atoms with Crippen LogP contribution in [-0.4, -0.2) is 13.7 Å². The molecule has 0 atom stereocenters. The Morgan fingerprint density at radius 2 is 0.837 bits per heavy atom. The van der Waals surface area contributed by atoms with Gasteiger partial charge in [-0.15, -0.1) is 0 Å². The largest absolute Gasteiger partial charge is 0.309 e. The van der Waals surface area contributed by atoms with Crippen molar-refractivity contribution in [2.24, 2.45) is 0 Å². The summed E-state index contributed by atoms with van der Waals surface area (Å²) >= 11 is 0. The zero-order chi connectivity index (χ0) is 32.5. The minimum atomic E-state index is -0.0322. The highest BCUT2D eigenvalue weighted by atomic mass is 16.1. The van der Waals surface area contributed by atoms with Crippen LogP contribution in [0, 0.1) is 0 Å². The topological polar surface area (TPSA) is 31.9 Å². The van der Waals surface area contributed by atoms with Gasteiger partial charge in [-0.25, -0.2) is 0 Å². The molecule has 0 saturated heterocycles. The van der Waals surface area contributed by atoms with Crippen LogP contribution in [0.15, 0.2) is 181 Å². The number of benzene rings is 7. The van der Waals surface area contributed by atoms with Gasteiger partial charge in [0.2, 0.25) is 0 Å². The second kappa shape index (κ2) is 10.7. The Bertz CT molecular complexity index is 2950. The van der Waals surface area contributed by atoms with Gasteiger partial charge in [-0.2, -0.15) is 0 Å². The van der Waals surface area contributed by atoms with Crippen molar-refractivity contribution in [1.29, 1.82) is 0 Å². The summed E-state index contributed by atoms with van der Waals surface area (Å²) in [5, 5.41) is 4.89. The van der Waals surface area contributed by atoms with Crippen molar-refractivity contribution in [3.63, 3.8) is 0 Å². The van der Waals surface area contributed by atoms with Crippen LogP contribution in [0.4, 0.5) is 0 Å². The fourth-order valence-corrected chi connectivity index (χ4v) is 7.72. The number of hydrogen-bond donors (Lipinski definition) is 0. The fraction of sp³-hybridized carbons (Fsp3) is 0. The van der Waals surface area contributed by atoms with E-state index in [0.717, 1.165) is 77.3 Å². The lowest BCUT2D eigenvalue weighted by Crippen LogP contribution is -2.19. The first kappa shape index (κ1) is 27.5. The quantitative estimate of drug-likeness (QED) is 0.191. The van der Waals surface area contributed by atoms with Gasteiger partial charge < -0.3 is 9.13 Å². The normalized spacial score (nSPS) is 11.8. The summed E-state index contributed by atoms with van der Waals surface area (Å²) in [5.74, 6) is 0. The highest BCUT2D eigenvalue weighted by Crippen LogP contribution is 2.39. The van der Waals surface area contributed by atoms with Crippen LogP contribution in [0.3, 0.4) is 0 Å². The van der Waals surface area contributed by atoms with Gasteiger partial charge in [0, 0.05) is 38.3 Å². The third kappa shape index (κ3) is 4.07. The molecule has 0 aliphatic heterocycles. The maximum absolute atomic E-state index is 14.7. The standard InChI is InChI=1S/C45H29N3O/c49-45-37-22-8-7-21-36(37)43-44(38-23-10-12-25-41(38)47(43)33-19-13-16-31(28-33)30-14-3-1-4-15-30)48(45)34-26-27-42-39(29-34)35-20-9-11-24-40(35)46(42)32-17-5-2-6-18-32/h1-29H. The minimum absolute atomic E-state index is 0.0322. The van der Waals surface area contributed by atoms with Gasteiger partial charge in [-0.05, 0) is 71.8 Å². The molecular weight excluding hydrogens is 599 g/mol. The molecule has 0 saturated carbocycles. The van der Waals surface area contributed by atoms with Crippen molar-refractivity contribution in [2.75, 3.05) is 0 Å². The van der Waals surface area contributed by atoms with E-state index in [1.54, 1.807) is 0 Å². The molecule has 0 bridgehead atoms. The molecule has 49 heavy (non-hydrogen) atoms. The fourth-order valence-electron chi connectivity index (χ4n) is 7.72. The van der Waals surface area contributed by atoms with Gasteiger partial charge in [-0.1, -0.05) is 115 Å². The summed E-state index contributed by atoms with van der Waals surface area (Å²) in [5.41, 5.74) is 10.4. The summed E-state index contributed by atoms with van der Waals surface area (Å²) in [7, 11) is 0. The maximum Gasteiger partial charge on any atom is 0.263 e. The molecular formula is C45H29N3O. The second-order valence-electron chi connectivity index (χ2n) is 12.5. The van der Waals surface area contributed by atoms with Crippen LogP contribution in [0.1, 0.15) is 0 Å². The van der Waals surface area contributed by atoms with Crippen LogP contribution in [0.5, 0.6) is 0 Å². The van der Waals surface area contributed by atoms with E-state index in [0.29, 0.717) is 5.39 Å². The summed E-state index contributed by atoms with van der Waals surface area (Å²) < 4.78 is 6.57. The number of fused-ring (bicyclic) bond motifs is 8. The number of nitrogens with zero attached hydrogens (tertiary/aromatic N) is 3. The Morgan fingerprint density at radius 1 is 0.306 bits per heavy atom. The Hall–Kier alpha value is -6.65. The first-order chi connectivity index (χ1) is 24.3. The van der Waals surface area contributed by atoms with Crippen molar-refractivity contribution >= 4 is 54.5 Å². The third-order valence-electron chi connectivity index (χ3n) is 9.83. The molecule has 0 amide bonds. The Kier molecular flexibility index (Phi) is 5.99. The summed E-state index contributed by atoms with van der Waals surface area (Å²) in [6.45, 7) is 0. The Morgan fingerprint density at radius 3 is 1.61 bits per heavy atom. The number of hydrogen-bond acceptors (Lipinski definition) is 1. The number of aromatic nitrogens is 3. The highest BCUT2D eigenvalue weighted by molar-refractivity contribution is 6.18. The summed E-state index contributed by atoms with van der Waals surface area (Å²) in [6.07, 6.45) is 0. The number of para-hydroxylation sites is 3. The first-order valence-electron chi connectivity index (χ1n) is 16.6. The van der Waals surface area contributed by atoms with Crippen LogP contribution >= 0.6 is 0 Å². The average molecular weight is 628 g/mol. The Labute approximate surface area is 281 Å². The summed E-state index contributed by atoms with van der Waals surface area (Å²) in [6, 6.07) is 61.0. The maximum atomic E-state index is 14.7. The van der Waals surface area contributed by atoms with Gasteiger partial charge in [0.05, 0.1) is 33.3 Å². The van der Waals surface area contributed by atoms with E-state index in [9.17, 15) is 4.79 Å². The number of rotatable bonds is 4. The molecule has 0 spiro atoms. The van der Waals surface area contributed by atoms with E-state index in [1.807, 2.05) is 34.9 Å². The molecule has 230 valence electrons. The molecule has 0 N–H and O–H groups in total. The van der Waals surface area contributed by atoms with Gasteiger partial charge in [0.1, 0.15) is 0 Å². The average Bonchev–Trinajstić information content (AvgIpc) is 3.69. The van der Waals surface area contributed by atoms with Crippen molar-refractivity contribution in [1.82, 2.24) is 13.7 Å². The zero-order valence-electron chi connectivity index (χ0n) is 26.5. The molecule has 3 aromatic heterocycles. The van der Waals surface area contributed by atoms with E-state index < -0.39 is 0 Å². The van der Waals surface area contributed by atoms with Crippen LogP contribution in [-0.2, 0) is 0 Å². The van der Waals surface area contributed by atoms with E-state index in [4.69, 9.17) is 0 Å². The smallest absolute Gasteiger partial charge is 0.263 e. The van der Waals surface area contributed by atoms with Gasteiger partial charge in [0.15, 0.2) is 0 Å². The molecule has 10 rings (SSSR count). The van der Waals surface area contributed by atoms with Crippen molar-refractivity contribution < 1.29 is 0 Å². The van der Waals surface area contributed by atoms with Crippen LogP contribution < -0.4 is 5.56 Å². The molecule has 0 fully saturated rings. The lowest BCUT2D eigenvalue weighted by atomic mass is 10.0. The lowest BCUT2D eigenvalue weighted by Gasteiger charge is -2.15. The second-order valence-corrected chi connectivity index (χ2v) is 12.5. The molecule has 0 aliphatic carbocycles. The van der Waals surface area contributed by atoms with Gasteiger partial charge in [0.25, 0.3) is 5.56 Å². The van der Waals surface area contributed by atoms with Crippen molar-refractivity contribution in [3.8, 4) is 28.2 Å². The molecule has 4 heteroatoms. The molecule has 7 aromatic carbocycles. The van der Waals surface area contributed by atoms with E-state index in [1.165, 1.54) is 0 Å². The van der Waals surface area contributed by atoms with E-state index >= 15 is 0 Å². The SMILES string of the molecule is O=c1c2ccccc2c2c(c3ccccc3n2-c2cccc(-c3ccccc3)c2)n1-c1ccc2c(c1)c1ccccc1n2-c1ccccc1. The van der Waals surface area contributed by atoms with Crippen LogP contribution in [0.2, 0.25) is 0 Å². The monoisotopic (exact) mass is 627 g/mol. The highest BCUT2D eigenvalue weighted by Gasteiger charge is 2.22. The summed E-state index contributed by atoms with van der Waals surface area (Å²) in [4.78, 5) is 14.7. The Balaban J connectivity index is 1.32. The molecule has 10 aromatic rings.